The summed E-state index contributed by atoms with van der Waals surface area (Å²) in [5.41, 5.74) is 6.08. The van der Waals surface area contributed by atoms with Gasteiger partial charge in [0.25, 0.3) is 0 Å². The molecule has 198 valence electrons. The minimum absolute atomic E-state index is 0.164. The van der Waals surface area contributed by atoms with E-state index >= 15 is 0 Å². The molecule has 8 nitrogen and oxygen atoms in total. The van der Waals surface area contributed by atoms with Crippen LogP contribution in [0.1, 0.15) is 42.1 Å². The molecule has 1 N–H and O–H groups in total. The number of rotatable bonds is 5. The molecule has 2 aliphatic heterocycles. The molecule has 0 saturated carbocycles. The van der Waals surface area contributed by atoms with Crippen LogP contribution in [0.25, 0.3) is 22.5 Å². The molecular formula is C30H35N5O3. The number of benzene rings is 1. The van der Waals surface area contributed by atoms with Crippen molar-refractivity contribution in [3.63, 3.8) is 0 Å². The molecule has 38 heavy (non-hydrogen) atoms. The van der Waals surface area contributed by atoms with E-state index in [9.17, 15) is 10.0 Å². The van der Waals surface area contributed by atoms with E-state index in [-0.39, 0.29) is 11.8 Å². The summed E-state index contributed by atoms with van der Waals surface area (Å²) in [6.07, 6.45) is 7.16. The Morgan fingerprint density at radius 2 is 1.84 bits per heavy atom. The molecule has 4 heterocycles. The van der Waals surface area contributed by atoms with Gasteiger partial charge in [0.05, 0.1) is 12.3 Å². The van der Waals surface area contributed by atoms with Gasteiger partial charge in [0.2, 0.25) is 5.91 Å². The SMILES string of the molecule is CN1CCN(CC(=O)N2CCCC(c3cc(-c4ccc5c(c4)CC/C5=N\O)c(-c4ccncc4)o3)C2)CC1. The van der Waals surface area contributed by atoms with E-state index in [0.29, 0.717) is 13.1 Å². The average molecular weight is 514 g/mol. The number of furan rings is 1. The summed E-state index contributed by atoms with van der Waals surface area (Å²) in [6, 6.07) is 12.5. The zero-order valence-electron chi connectivity index (χ0n) is 22.0. The van der Waals surface area contributed by atoms with Gasteiger partial charge in [-0.25, -0.2) is 0 Å². The van der Waals surface area contributed by atoms with Crippen LogP contribution in [-0.4, -0.2) is 89.4 Å². The van der Waals surface area contributed by atoms with E-state index < -0.39 is 0 Å². The first-order chi connectivity index (χ1) is 18.6. The Balaban J connectivity index is 1.26. The summed E-state index contributed by atoms with van der Waals surface area (Å²) in [4.78, 5) is 24.0. The third-order valence-corrected chi connectivity index (χ3v) is 8.30. The van der Waals surface area contributed by atoms with Crippen LogP contribution in [0.3, 0.4) is 0 Å². The van der Waals surface area contributed by atoms with E-state index in [1.807, 2.05) is 17.0 Å². The van der Waals surface area contributed by atoms with Gasteiger partial charge in [-0.2, -0.15) is 0 Å². The maximum atomic E-state index is 13.2. The van der Waals surface area contributed by atoms with E-state index in [1.165, 1.54) is 5.56 Å². The molecule has 8 heteroatoms. The second-order valence-corrected chi connectivity index (χ2v) is 10.8. The fraction of sp³-hybridized carbons (Fsp3) is 0.433. The van der Waals surface area contributed by atoms with E-state index in [2.05, 4.69) is 51.3 Å². The number of oxime groups is 1. The largest absolute Gasteiger partial charge is 0.460 e. The molecule has 2 fully saturated rings. The molecule has 1 atom stereocenters. The summed E-state index contributed by atoms with van der Waals surface area (Å²) in [5.74, 6) is 2.15. The van der Waals surface area contributed by atoms with Crippen molar-refractivity contribution >= 4 is 11.6 Å². The van der Waals surface area contributed by atoms with Crippen LogP contribution in [0.5, 0.6) is 0 Å². The van der Waals surface area contributed by atoms with Crippen LogP contribution in [0.4, 0.5) is 0 Å². The van der Waals surface area contributed by atoms with Crippen molar-refractivity contribution in [1.29, 1.82) is 0 Å². The van der Waals surface area contributed by atoms with Gasteiger partial charge in [-0.1, -0.05) is 23.4 Å². The first-order valence-electron chi connectivity index (χ1n) is 13.7. The highest BCUT2D eigenvalue weighted by atomic mass is 16.4. The Bertz CT molecular complexity index is 1330. The Kier molecular flexibility index (Phi) is 7.00. The fourth-order valence-electron chi connectivity index (χ4n) is 6.02. The lowest BCUT2D eigenvalue weighted by molar-refractivity contribution is -0.134. The standard InChI is InChI=1S/C30H35N5O3/c1-33-13-15-34(16-14-33)20-29(36)35-12-2-3-24(19-35)28-18-26(30(38-28)21-8-10-31-11-9-21)23-4-6-25-22(17-23)5-7-27(25)32-37/h4,6,8-11,17-18,24,37H,2-3,5,7,12-16,19-20H2,1H3/b32-27+. The third-order valence-electron chi connectivity index (χ3n) is 8.30. The van der Waals surface area contributed by atoms with Crippen LogP contribution in [0.2, 0.25) is 0 Å². The van der Waals surface area contributed by atoms with Crippen LogP contribution in [0, 0.1) is 0 Å². The van der Waals surface area contributed by atoms with Crippen molar-refractivity contribution < 1.29 is 14.4 Å². The van der Waals surface area contributed by atoms with Gasteiger partial charge in [0, 0.05) is 74.3 Å². The Morgan fingerprint density at radius 3 is 2.63 bits per heavy atom. The first-order valence-corrected chi connectivity index (χ1v) is 13.7. The minimum Gasteiger partial charge on any atom is -0.460 e. The number of likely N-dealkylation sites (N-methyl/N-ethyl adjacent to an activating group) is 1. The van der Waals surface area contributed by atoms with Gasteiger partial charge in [0.15, 0.2) is 0 Å². The van der Waals surface area contributed by atoms with Crippen molar-refractivity contribution in [2.24, 2.45) is 5.16 Å². The van der Waals surface area contributed by atoms with Gasteiger partial charge in [-0.3, -0.25) is 14.7 Å². The Labute approximate surface area is 223 Å². The Hall–Kier alpha value is -3.49. The van der Waals surface area contributed by atoms with Crippen LogP contribution in [-0.2, 0) is 11.2 Å². The molecule has 0 spiro atoms. The number of nitrogens with zero attached hydrogens (tertiary/aromatic N) is 5. The number of carbonyl (C=O) groups is 1. The molecule has 1 aromatic carbocycles. The van der Waals surface area contributed by atoms with E-state index in [4.69, 9.17) is 4.42 Å². The fourth-order valence-corrected chi connectivity index (χ4v) is 6.02. The normalized spacial score (nSPS) is 21.7. The highest BCUT2D eigenvalue weighted by molar-refractivity contribution is 6.04. The lowest BCUT2D eigenvalue weighted by Gasteiger charge is -2.36. The molecule has 1 aliphatic carbocycles. The number of likely N-dealkylation sites (tertiary alicyclic amines) is 1. The summed E-state index contributed by atoms with van der Waals surface area (Å²) in [5, 5.41) is 12.8. The number of carbonyl (C=O) groups excluding carboxylic acids is 1. The van der Waals surface area contributed by atoms with Gasteiger partial charge in [0.1, 0.15) is 11.5 Å². The summed E-state index contributed by atoms with van der Waals surface area (Å²) in [6.45, 7) is 5.93. The lowest BCUT2D eigenvalue weighted by Crippen LogP contribution is -2.50. The number of hydrogen-bond donors (Lipinski definition) is 1. The van der Waals surface area contributed by atoms with Crippen LogP contribution in [0.15, 0.2) is 58.4 Å². The lowest BCUT2D eigenvalue weighted by atomic mass is 9.93. The monoisotopic (exact) mass is 513 g/mol. The van der Waals surface area contributed by atoms with Gasteiger partial charge >= 0.3 is 0 Å². The molecule has 0 bridgehead atoms. The molecule has 0 radical (unpaired) electrons. The van der Waals surface area contributed by atoms with Crippen molar-refractivity contribution in [3.8, 4) is 22.5 Å². The number of amides is 1. The van der Waals surface area contributed by atoms with Gasteiger partial charge in [-0.15, -0.1) is 0 Å². The van der Waals surface area contributed by atoms with Gasteiger partial charge < -0.3 is 19.4 Å². The number of aryl methyl sites for hydroxylation is 1. The average Bonchev–Trinajstić information content (AvgIpc) is 3.59. The van der Waals surface area contributed by atoms with Crippen molar-refractivity contribution in [1.82, 2.24) is 19.7 Å². The van der Waals surface area contributed by atoms with Crippen molar-refractivity contribution in [3.05, 3.63) is 65.7 Å². The molecule has 2 saturated heterocycles. The maximum absolute atomic E-state index is 13.2. The molecule has 1 amide bonds. The molecule has 2 aromatic heterocycles. The topological polar surface area (TPSA) is 85.4 Å². The minimum atomic E-state index is 0.164. The van der Waals surface area contributed by atoms with E-state index in [1.54, 1.807) is 12.4 Å². The molecule has 3 aliphatic rings. The zero-order chi connectivity index (χ0) is 26.1. The number of fused-ring (bicyclic) bond motifs is 1. The first kappa shape index (κ1) is 24.8. The van der Waals surface area contributed by atoms with Crippen molar-refractivity contribution in [2.45, 2.75) is 31.6 Å². The maximum Gasteiger partial charge on any atom is 0.236 e. The highest BCUT2D eigenvalue weighted by Crippen LogP contribution is 2.40. The number of piperazine rings is 1. The van der Waals surface area contributed by atoms with E-state index in [0.717, 1.165) is 97.9 Å². The quantitative estimate of drug-likeness (QED) is 0.409. The zero-order valence-corrected chi connectivity index (χ0v) is 22.0. The summed E-state index contributed by atoms with van der Waals surface area (Å²) < 4.78 is 6.60. The van der Waals surface area contributed by atoms with Gasteiger partial charge in [-0.05, 0) is 62.1 Å². The second kappa shape index (κ2) is 10.7. The molecule has 1 unspecified atom stereocenters. The molecule has 6 rings (SSSR count). The molecular weight excluding hydrogens is 478 g/mol. The third kappa shape index (κ3) is 4.98. The summed E-state index contributed by atoms with van der Waals surface area (Å²) >= 11 is 0. The van der Waals surface area contributed by atoms with Crippen molar-refractivity contribution in [2.75, 3.05) is 52.9 Å². The smallest absolute Gasteiger partial charge is 0.236 e. The van der Waals surface area contributed by atoms with Crippen LogP contribution < -0.4 is 0 Å². The molecule has 3 aromatic rings. The number of piperidine rings is 1. The summed E-state index contributed by atoms with van der Waals surface area (Å²) in [7, 11) is 2.13. The predicted molar refractivity (Wildman–Crippen MR) is 147 cm³/mol. The predicted octanol–water partition coefficient (Wildman–Crippen LogP) is 4.09. The Morgan fingerprint density at radius 1 is 1.03 bits per heavy atom. The highest BCUT2D eigenvalue weighted by Gasteiger charge is 2.30. The number of pyridine rings is 1. The number of aromatic nitrogens is 1. The van der Waals surface area contributed by atoms with Crippen LogP contribution >= 0.6 is 0 Å². The second-order valence-electron chi connectivity index (χ2n) is 10.8. The number of hydrogen-bond acceptors (Lipinski definition) is 7.